The van der Waals surface area contributed by atoms with Gasteiger partial charge in [0.25, 0.3) is 0 Å². The quantitative estimate of drug-likeness (QED) is 0.150. The number of hydrogen-bond acceptors (Lipinski definition) is 6. The fraction of sp³-hybridized carbons (Fsp3) is 0. The van der Waals surface area contributed by atoms with E-state index in [1.807, 2.05) is 147 Å². The average Bonchev–Trinajstić information content (AvgIpc) is 3.76. The Morgan fingerprint density at radius 1 is 0.155 bits per heavy atom. The molecule has 12 aromatic heterocycles. The third-order valence-electron chi connectivity index (χ3n) is 14.6. The highest BCUT2D eigenvalue weighted by Crippen LogP contribution is 2.20. The normalized spacial score (nSPS) is 10.9. The van der Waals surface area contributed by atoms with Crippen LogP contribution in [0.25, 0.3) is 104 Å². The zero-order chi connectivity index (χ0) is 56.3. The molecule has 0 radical (unpaired) electrons. The molecule has 0 amide bonds. The molecule has 0 saturated carbocycles. The summed E-state index contributed by atoms with van der Waals surface area (Å²) in [5, 5.41) is 5.69. The third-order valence-corrected chi connectivity index (χ3v) is 14.6. The van der Waals surface area contributed by atoms with Gasteiger partial charge in [0, 0.05) is 147 Å². The molecular formula is C72H54N12+6. The Balaban J connectivity index is 1.18. The molecule has 0 saturated heterocycles. The van der Waals surface area contributed by atoms with E-state index in [2.05, 4.69) is 242 Å². The van der Waals surface area contributed by atoms with E-state index in [0.717, 1.165) is 98.1 Å². The standard InChI is InChI=1S/C72H54N12/c1-25-73-26-2-55(1)61-13-37-79(38-14-61)49-67-68(50-80-39-15-62(16-40-80)56-3-27-74-28-4-56)70(52-82-43-19-64(20-44-82)58-7-31-76-32-8-58)72(54-84-47-23-66(24-48-84)60-11-35-78-36-12-60)71(53-83-45-21-65(22-46-83)59-9-33-77-34-10-59)69(67)51-81-41-17-63(18-42-81)57-5-29-75-30-6-57/h1-54H/q+6. The Morgan fingerprint density at radius 2 is 0.262 bits per heavy atom. The van der Waals surface area contributed by atoms with E-state index >= 15 is 0 Å². The number of nitrogens with zero attached hydrogens (tertiary/aromatic N) is 12. The molecular weight excluding hydrogens is 1030 g/mol. The van der Waals surface area contributed by atoms with Gasteiger partial charge in [0.15, 0.2) is 112 Å². The summed E-state index contributed by atoms with van der Waals surface area (Å²) in [5.41, 5.74) is 12.9. The van der Waals surface area contributed by atoms with Crippen LogP contribution in [-0.2, 0) is 0 Å². The van der Waals surface area contributed by atoms with Crippen molar-refractivity contribution >= 4 is 37.2 Å². The molecule has 84 heavy (non-hydrogen) atoms. The van der Waals surface area contributed by atoms with Gasteiger partial charge in [-0.15, -0.1) is 0 Å². The van der Waals surface area contributed by atoms with E-state index < -0.39 is 0 Å². The predicted molar refractivity (Wildman–Crippen MR) is 323 cm³/mol. The lowest BCUT2D eigenvalue weighted by Crippen LogP contribution is -2.70. The Hall–Kier alpha value is -11.8. The maximum atomic E-state index is 4.29. The molecule has 1 aromatic carbocycles. The second kappa shape index (κ2) is 24.3. The Morgan fingerprint density at radius 3 is 0.381 bits per heavy atom. The zero-order valence-corrected chi connectivity index (χ0v) is 45.5. The van der Waals surface area contributed by atoms with Crippen LogP contribution in [0.15, 0.2) is 294 Å². The van der Waals surface area contributed by atoms with E-state index in [9.17, 15) is 0 Å². The van der Waals surface area contributed by atoms with Crippen LogP contribution in [0.3, 0.4) is 0 Å². The molecule has 0 aliphatic heterocycles. The van der Waals surface area contributed by atoms with Gasteiger partial charge in [-0.1, -0.05) is 0 Å². The zero-order valence-electron chi connectivity index (χ0n) is 45.5. The lowest BCUT2D eigenvalue weighted by Gasteiger charge is -2.02. The molecule has 13 rings (SSSR count). The van der Waals surface area contributed by atoms with Crippen LogP contribution in [0.4, 0.5) is 0 Å². The Kier molecular flexibility index (Phi) is 15.0. The summed E-state index contributed by atoms with van der Waals surface area (Å²) < 4.78 is 12.8. The number of hydrogen-bond donors (Lipinski definition) is 0. The largest absolute Gasteiger partial charge is 0.265 e. The molecule has 12 nitrogen and oxygen atoms in total. The van der Waals surface area contributed by atoms with Gasteiger partial charge in [0.05, 0.1) is 31.3 Å². The van der Waals surface area contributed by atoms with Gasteiger partial charge in [-0.25, -0.2) is 0 Å². The van der Waals surface area contributed by atoms with Crippen LogP contribution in [0.5, 0.6) is 0 Å². The van der Waals surface area contributed by atoms with Crippen molar-refractivity contribution in [3.05, 3.63) is 326 Å². The predicted octanol–water partition coefficient (Wildman–Crippen LogP) is 5.50. The summed E-state index contributed by atoms with van der Waals surface area (Å²) in [6.07, 6.45) is 60.7. The average molecular weight is 1090 g/mol. The minimum atomic E-state index is 0.948. The van der Waals surface area contributed by atoms with Gasteiger partial charge in [-0.3, -0.25) is 29.9 Å². The highest BCUT2D eigenvalue weighted by molar-refractivity contribution is 5.65. The molecule has 0 unspecified atom stereocenters. The van der Waals surface area contributed by atoms with Gasteiger partial charge in [-0.05, 0) is 140 Å². The molecule has 0 spiro atoms. The van der Waals surface area contributed by atoms with Crippen LogP contribution in [-0.4, -0.2) is 29.9 Å². The van der Waals surface area contributed by atoms with Crippen molar-refractivity contribution < 1.29 is 27.4 Å². The third kappa shape index (κ3) is 11.9. The Bertz CT molecular complexity index is 3940. The molecule has 0 bridgehead atoms. The minimum Gasteiger partial charge on any atom is -0.265 e. The molecule has 13 aromatic rings. The van der Waals surface area contributed by atoms with E-state index in [1.54, 1.807) is 0 Å². The summed E-state index contributed by atoms with van der Waals surface area (Å²) in [6.45, 7) is 0. The number of rotatable bonds is 12. The molecule has 0 N–H and O–H groups in total. The monoisotopic (exact) mass is 1090 g/mol. The van der Waals surface area contributed by atoms with Crippen molar-refractivity contribution in [3.63, 3.8) is 0 Å². The van der Waals surface area contributed by atoms with Gasteiger partial charge in [0.1, 0.15) is 0 Å². The SMILES string of the molecule is C(=c1c(=C[n+]2ccc(-c3ccncc3)cc2)c(=C[n+]2ccc(-c3ccncc3)cc2)c(=C[n+]2ccc(-c3ccncc3)cc2)c(=C[n+]2ccc(-c3ccncc3)cc2)c1=C[n+]1ccc(-c2ccncc2)cc1)[n+]1ccc(-c2ccncc2)cc1. The fourth-order valence-corrected chi connectivity index (χ4v) is 10.2. The molecule has 12 heterocycles. The first-order valence-electron chi connectivity index (χ1n) is 27.4. The molecule has 0 aliphatic rings. The van der Waals surface area contributed by atoms with Crippen molar-refractivity contribution in [2.24, 2.45) is 0 Å². The van der Waals surface area contributed by atoms with Gasteiger partial charge < -0.3 is 0 Å². The smallest absolute Gasteiger partial charge is 0.183 e. The minimum absolute atomic E-state index is 0.948. The number of aromatic nitrogens is 12. The van der Waals surface area contributed by atoms with Crippen molar-refractivity contribution in [2.45, 2.75) is 0 Å². The maximum absolute atomic E-state index is 4.29. The van der Waals surface area contributed by atoms with E-state index in [-0.39, 0.29) is 0 Å². The maximum Gasteiger partial charge on any atom is 0.183 e. The van der Waals surface area contributed by atoms with Crippen LogP contribution in [0.2, 0.25) is 0 Å². The van der Waals surface area contributed by atoms with Crippen molar-refractivity contribution in [1.82, 2.24) is 29.9 Å². The summed E-state index contributed by atoms with van der Waals surface area (Å²) in [4.78, 5) is 25.7. The summed E-state index contributed by atoms with van der Waals surface area (Å²) in [5.74, 6) is 0. The second-order valence-corrected chi connectivity index (χ2v) is 19.9. The van der Waals surface area contributed by atoms with Crippen molar-refractivity contribution in [2.75, 3.05) is 0 Å². The topological polar surface area (TPSA) is 101 Å². The van der Waals surface area contributed by atoms with Crippen molar-refractivity contribution in [1.29, 1.82) is 0 Å². The van der Waals surface area contributed by atoms with E-state index in [4.69, 9.17) is 0 Å². The highest BCUT2D eigenvalue weighted by atomic mass is 14.9. The van der Waals surface area contributed by atoms with E-state index in [0.29, 0.717) is 0 Å². The number of benzene rings is 1. The fourth-order valence-electron chi connectivity index (χ4n) is 10.2. The second-order valence-electron chi connectivity index (χ2n) is 19.9. The van der Waals surface area contributed by atoms with Crippen LogP contribution in [0.1, 0.15) is 0 Å². The lowest BCUT2D eigenvalue weighted by atomic mass is 10.1. The number of pyridine rings is 12. The first-order valence-corrected chi connectivity index (χ1v) is 27.4. The lowest BCUT2D eigenvalue weighted by molar-refractivity contribution is -0.572. The first kappa shape index (κ1) is 51.7. The summed E-state index contributed by atoms with van der Waals surface area (Å²) in [7, 11) is 0. The molecule has 0 fully saturated rings. The molecule has 12 heteroatoms. The van der Waals surface area contributed by atoms with Gasteiger partial charge >= 0.3 is 0 Å². The summed E-state index contributed by atoms with van der Waals surface area (Å²) >= 11 is 0. The molecule has 396 valence electrons. The van der Waals surface area contributed by atoms with Crippen LogP contribution in [0, 0.1) is 0 Å². The summed E-state index contributed by atoms with van der Waals surface area (Å²) in [6, 6.07) is 50.1. The van der Waals surface area contributed by atoms with E-state index in [1.165, 1.54) is 0 Å². The molecule has 0 atom stereocenters. The van der Waals surface area contributed by atoms with Gasteiger partial charge in [0.2, 0.25) is 0 Å². The first-order chi connectivity index (χ1) is 41.6. The Labute approximate surface area is 484 Å². The van der Waals surface area contributed by atoms with Crippen LogP contribution >= 0.6 is 0 Å². The van der Waals surface area contributed by atoms with Crippen molar-refractivity contribution in [3.8, 4) is 66.8 Å². The van der Waals surface area contributed by atoms with Crippen LogP contribution < -0.4 is 58.7 Å². The highest BCUT2D eigenvalue weighted by Gasteiger charge is 2.17. The van der Waals surface area contributed by atoms with Gasteiger partial charge in [-0.2, -0.15) is 27.4 Å². The molecule has 0 aliphatic carbocycles.